The number of anilines is 1. The van der Waals surface area contributed by atoms with Crippen molar-refractivity contribution >= 4 is 38.4 Å². The lowest BCUT2D eigenvalue weighted by atomic mass is 10.1. The predicted octanol–water partition coefficient (Wildman–Crippen LogP) is 4.18. The summed E-state index contributed by atoms with van der Waals surface area (Å²) >= 11 is 0. The summed E-state index contributed by atoms with van der Waals surface area (Å²) in [5.41, 5.74) is 2.93. The van der Waals surface area contributed by atoms with Gasteiger partial charge in [-0.25, -0.2) is 17.7 Å². The molecule has 0 aliphatic carbocycles. The van der Waals surface area contributed by atoms with Crippen LogP contribution < -0.4 is 4.90 Å². The van der Waals surface area contributed by atoms with Crippen LogP contribution in [0.2, 0.25) is 0 Å². The van der Waals surface area contributed by atoms with E-state index in [-0.39, 0.29) is 23.5 Å². The van der Waals surface area contributed by atoms with Crippen molar-refractivity contribution < 1.29 is 22.4 Å². The molecule has 3 aromatic carbocycles. The molecule has 1 aliphatic rings. The van der Waals surface area contributed by atoms with Gasteiger partial charge < -0.3 is 4.98 Å². The van der Waals surface area contributed by atoms with Crippen molar-refractivity contribution in [2.75, 3.05) is 11.4 Å². The van der Waals surface area contributed by atoms with Gasteiger partial charge in [0.2, 0.25) is 15.9 Å². The average Bonchev–Trinajstić information content (AvgIpc) is 3.40. The number of nitrogens with one attached hydrogen (secondary N) is 1. The monoisotopic (exact) mass is 505 g/mol. The largest absolute Gasteiger partial charge is 0.361 e. The molecule has 1 aromatic heterocycles. The molecule has 0 bridgehead atoms. The fourth-order valence-electron chi connectivity index (χ4n) is 4.56. The highest BCUT2D eigenvalue weighted by Gasteiger charge is 2.46. The second kappa shape index (κ2) is 9.33. The Morgan fingerprint density at radius 1 is 1.00 bits per heavy atom. The molecule has 1 unspecified atom stereocenters. The van der Waals surface area contributed by atoms with Crippen LogP contribution in [0.25, 0.3) is 10.9 Å². The summed E-state index contributed by atoms with van der Waals surface area (Å²) in [5, 5.41) is 0.965. The number of sulfonamides is 1. The van der Waals surface area contributed by atoms with E-state index in [2.05, 4.69) is 4.98 Å². The minimum Gasteiger partial charge on any atom is -0.361 e. The first-order chi connectivity index (χ1) is 17.3. The lowest BCUT2D eigenvalue weighted by Crippen LogP contribution is -2.46. The van der Waals surface area contributed by atoms with Gasteiger partial charge in [-0.15, -0.1) is 0 Å². The van der Waals surface area contributed by atoms with Gasteiger partial charge in [0.05, 0.1) is 17.0 Å². The molecule has 4 aromatic rings. The van der Waals surface area contributed by atoms with Gasteiger partial charge >= 0.3 is 0 Å². The van der Waals surface area contributed by atoms with Crippen molar-refractivity contribution in [1.29, 1.82) is 0 Å². The molecule has 1 N–H and O–H groups in total. The third-order valence-electron chi connectivity index (χ3n) is 6.46. The molecule has 0 spiro atoms. The maximum atomic E-state index is 13.8. The molecule has 1 fully saturated rings. The van der Waals surface area contributed by atoms with Crippen molar-refractivity contribution in [3.8, 4) is 0 Å². The lowest BCUT2D eigenvalue weighted by molar-refractivity contribution is -0.122. The van der Waals surface area contributed by atoms with Crippen LogP contribution in [0.4, 0.5) is 10.1 Å². The number of nitrogens with zero attached hydrogens (tertiary/aromatic N) is 2. The molecule has 0 saturated carbocycles. The Balaban J connectivity index is 1.51. The highest BCUT2D eigenvalue weighted by atomic mass is 32.2. The number of rotatable bonds is 7. The van der Waals surface area contributed by atoms with Crippen LogP contribution in [0.5, 0.6) is 0 Å². The summed E-state index contributed by atoms with van der Waals surface area (Å²) < 4.78 is 42.1. The van der Waals surface area contributed by atoms with E-state index in [1.165, 1.54) is 24.3 Å². The highest BCUT2D eigenvalue weighted by molar-refractivity contribution is 7.89. The Morgan fingerprint density at radius 2 is 1.69 bits per heavy atom. The fraction of sp³-hybridized carbons (Fsp3) is 0.185. The second-order valence-electron chi connectivity index (χ2n) is 8.80. The summed E-state index contributed by atoms with van der Waals surface area (Å²) in [6, 6.07) is 17.8. The number of hydrogen-bond donors (Lipinski definition) is 1. The fourth-order valence-corrected chi connectivity index (χ4v) is 6.14. The Bertz CT molecular complexity index is 1550. The van der Waals surface area contributed by atoms with E-state index < -0.39 is 33.7 Å². The van der Waals surface area contributed by atoms with Crippen molar-refractivity contribution in [3.05, 3.63) is 95.9 Å². The zero-order valence-electron chi connectivity index (χ0n) is 19.5. The second-order valence-corrected chi connectivity index (χ2v) is 10.7. The molecule has 7 nitrogen and oxygen atoms in total. The van der Waals surface area contributed by atoms with Crippen molar-refractivity contribution in [3.63, 3.8) is 0 Å². The van der Waals surface area contributed by atoms with Crippen LogP contribution in [0.1, 0.15) is 17.5 Å². The summed E-state index contributed by atoms with van der Waals surface area (Å²) in [6.45, 7) is 1.85. The normalized spacial score (nSPS) is 16.4. The van der Waals surface area contributed by atoms with E-state index >= 15 is 0 Å². The molecule has 0 radical (unpaired) electrons. The van der Waals surface area contributed by atoms with Gasteiger partial charge in [-0.2, -0.15) is 4.31 Å². The first-order valence-electron chi connectivity index (χ1n) is 11.5. The Hall–Kier alpha value is -3.82. The molecule has 1 atom stereocenters. The predicted molar refractivity (Wildman–Crippen MR) is 134 cm³/mol. The molecule has 9 heteroatoms. The first kappa shape index (κ1) is 23.9. The van der Waals surface area contributed by atoms with Gasteiger partial charge in [0.1, 0.15) is 11.9 Å². The van der Waals surface area contributed by atoms with Crippen molar-refractivity contribution in [2.45, 2.75) is 30.7 Å². The van der Waals surface area contributed by atoms with E-state index in [1.807, 2.05) is 37.4 Å². The zero-order valence-corrected chi connectivity index (χ0v) is 20.3. The first-order valence-corrected chi connectivity index (χ1v) is 13.0. The van der Waals surface area contributed by atoms with Gasteiger partial charge in [0, 0.05) is 23.6 Å². The SMILES string of the molecule is Cc1ccc(S(=O)(=O)N(CCc2c[nH]c3ccccc23)C2CC(=O)N(c3ccc(F)cc3)C2=O)cc1. The molecule has 1 aliphatic heterocycles. The molecular weight excluding hydrogens is 481 g/mol. The zero-order chi connectivity index (χ0) is 25.4. The van der Waals surface area contributed by atoms with E-state index in [0.29, 0.717) is 6.42 Å². The number of carbonyl (C=O) groups excluding carboxylic acids is 2. The molecule has 36 heavy (non-hydrogen) atoms. The maximum Gasteiger partial charge on any atom is 0.252 e. The molecule has 184 valence electrons. The highest BCUT2D eigenvalue weighted by Crippen LogP contribution is 2.30. The number of hydrogen-bond acceptors (Lipinski definition) is 4. The van der Waals surface area contributed by atoms with Crippen LogP contribution >= 0.6 is 0 Å². The number of fused-ring (bicyclic) bond motifs is 1. The van der Waals surface area contributed by atoms with E-state index in [1.54, 1.807) is 12.1 Å². The number of amides is 2. The summed E-state index contributed by atoms with van der Waals surface area (Å²) in [7, 11) is -4.11. The maximum absolute atomic E-state index is 13.8. The number of aryl methyl sites for hydroxylation is 1. The van der Waals surface area contributed by atoms with E-state index in [0.717, 1.165) is 43.4 Å². The quantitative estimate of drug-likeness (QED) is 0.382. The third-order valence-corrected chi connectivity index (χ3v) is 8.38. The Morgan fingerprint density at radius 3 is 2.42 bits per heavy atom. The average molecular weight is 506 g/mol. The van der Waals surface area contributed by atoms with E-state index in [4.69, 9.17) is 0 Å². The number of imide groups is 1. The molecule has 2 amide bonds. The van der Waals surface area contributed by atoms with Crippen LogP contribution in [-0.4, -0.2) is 42.1 Å². The lowest BCUT2D eigenvalue weighted by Gasteiger charge is -2.27. The van der Waals surface area contributed by atoms with Crippen LogP contribution in [0, 0.1) is 12.7 Å². The number of H-pyrrole nitrogens is 1. The number of benzene rings is 3. The summed E-state index contributed by atoms with van der Waals surface area (Å²) in [5.74, 6) is -1.69. The number of aromatic nitrogens is 1. The van der Waals surface area contributed by atoms with Crippen molar-refractivity contribution in [2.24, 2.45) is 0 Å². The molecular formula is C27H24FN3O4S. The van der Waals surface area contributed by atoms with E-state index in [9.17, 15) is 22.4 Å². The van der Waals surface area contributed by atoms with Crippen LogP contribution in [0.15, 0.2) is 83.9 Å². The standard InChI is InChI=1S/C27H24FN3O4S/c1-18-6-12-22(13-7-18)36(34,35)30(15-14-19-17-29-24-5-3-2-4-23(19)24)25-16-26(32)31(27(25)33)21-10-8-20(28)9-11-21/h2-13,17,25,29H,14-16H2,1H3. The van der Waals surface area contributed by atoms with Gasteiger partial charge in [-0.3, -0.25) is 9.59 Å². The Labute approximate surface area is 208 Å². The van der Waals surface area contributed by atoms with Crippen LogP contribution in [0.3, 0.4) is 0 Å². The van der Waals surface area contributed by atoms with Crippen LogP contribution in [-0.2, 0) is 26.0 Å². The number of halogens is 1. The van der Waals surface area contributed by atoms with Crippen molar-refractivity contribution in [1.82, 2.24) is 9.29 Å². The third kappa shape index (κ3) is 4.31. The molecule has 5 rings (SSSR count). The smallest absolute Gasteiger partial charge is 0.252 e. The van der Waals surface area contributed by atoms with Gasteiger partial charge in [0.25, 0.3) is 5.91 Å². The number of aromatic amines is 1. The Kier molecular flexibility index (Phi) is 6.19. The molecule has 1 saturated heterocycles. The van der Waals surface area contributed by atoms with Gasteiger partial charge in [-0.1, -0.05) is 35.9 Å². The summed E-state index contributed by atoms with van der Waals surface area (Å²) in [4.78, 5) is 30.5. The number of para-hydroxylation sites is 1. The number of carbonyl (C=O) groups is 2. The minimum atomic E-state index is -4.11. The molecule has 2 heterocycles. The minimum absolute atomic E-state index is 0.000990. The van der Waals surface area contributed by atoms with Gasteiger partial charge in [-0.05, 0) is 61.4 Å². The van der Waals surface area contributed by atoms with Gasteiger partial charge in [0.15, 0.2) is 0 Å². The topological polar surface area (TPSA) is 90.6 Å². The summed E-state index contributed by atoms with van der Waals surface area (Å²) in [6.07, 6.45) is 1.87.